The lowest BCUT2D eigenvalue weighted by molar-refractivity contribution is -0.110. The van der Waals surface area contributed by atoms with Gasteiger partial charge in [0.25, 0.3) is 5.91 Å². The zero-order valence-corrected chi connectivity index (χ0v) is 12.0. The van der Waals surface area contributed by atoms with Crippen molar-refractivity contribution in [1.82, 2.24) is 5.32 Å². The van der Waals surface area contributed by atoms with E-state index in [0.29, 0.717) is 6.54 Å². The molecule has 2 N–H and O–H groups in total. The third-order valence-corrected chi connectivity index (χ3v) is 3.11. The Balaban J connectivity index is 1.88. The van der Waals surface area contributed by atoms with Crippen LogP contribution in [0.2, 0.25) is 0 Å². The number of benzene rings is 2. The molecule has 0 aliphatic heterocycles. The second-order valence-electron chi connectivity index (χ2n) is 4.49. The topological polar surface area (TPSA) is 41.1 Å². The van der Waals surface area contributed by atoms with Gasteiger partial charge < -0.3 is 10.6 Å². The van der Waals surface area contributed by atoms with Crippen LogP contribution in [0.25, 0.3) is 0 Å². The molecule has 1 amide bonds. The number of nitrogens with one attached hydrogen (secondary N) is 2. The van der Waals surface area contributed by atoms with Gasteiger partial charge in [0, 0.05) is 12.2 Å². The SMILES string of the molecule is Cc1cccc(NC(=O)C(=S)NCc2ccccc2)c1. The summed E-state index contributed by atoms with van der Waals surface area (Å²) in [6.07, 6.45) is 0. The fourth-order valence-electron chi connectivity index (χ4n) is 1.77. The third kappa shape index (κ3) is 4.17. The van der Waals surface area contributed by atoms with Crippen LogP contribution in [0.5, 0.6) is 0 Å². The molecule has 0 atom stereocenters. The predicted octanol–water partition coefficient (Wildman–Crippen LogP) is 3.05. The number of rotatable bonds is 3. The van der Waals surface area contributed by atoms with E-state index in [2.05, 4.69) is 10.6 Å². The highest BCUT2D eigenvalue weighted by molar-refractivity contribution is 7.82. The molecule has 0 aliphatic carbocycles. The van der Waals surface area contributed by atoms with Crippen LogP contribution in [0.15, 0.2) is 54.6 Å². The summed E-state index contributed by atoms with van der Waals surface area (Å²) in [5, 5.41) is 5.73. The second-order valence-corrected chi connectivity index (χ2v) is 4.90. The first-order valence-corrected chi connectivity index (χ1v) is 6.76. The number of amides is 1. The van der Waals surface area contributed by atoms with Crippen LogP contribution in [0.4, 0.5) is 5.69 Å². The normalized spacial score (nSPS) is 9.85. The lowest BCUT2D eigenvalue weighted by atomic mass is 10.2. The molecule has 20 heavy (non-hydrogen) atoms. The summed E-state index contributed by atoms with van der Waals surface area (Å²) in [5.41, 5.74) is 2.92. The average molecular weight is 284 g/mol. The molecule has 2 aromatic rings. The lowest BCUT2D eigenvalue weighted by Gasteiger charge is -2.09. The van der Waals surface area contributed by atoms with Gasteiger partial charge in [-0.1, -0.05) is 54.7 Å². The van der Waals surface area contributed by atoms with Crippen LogP contribution >= 0.6 is 12.2 Å². The van der Waals surface area contributed by atoms with E-state index in [9.17, 15) is 4.79 Å². The number of hydrogen-bond donors (Lipinski definition) is 2. The number of hydrogen-bond acceptors (Lipinski definition) is 2. The lowest BCUT2D eigenvalue weighted by Crippen LogP contribution is -2.33. The van der Waals surface area contributed by atoms with Gasteiger partial charge in [-0.05, 0) is 30.2 Å². The standard InChI is InChI=1S/C16H16N2OS/c1-12-6-5-9-14(10-12)18-15(19)16(20)17-11-13-7-3-2-4-8-13/h2-10H,11H2,1H3,(H,17,20)(H,18,19). The Morgan fingerprint density at radius 1 is 1.10 bits per heavy atom. The van der Waals surface area contributed by atoms with Crippen LogP contribution in [0.1, 0.15) is 11.1 Å². The third-order valence-electron chi connectivity index (χ3n) is 2.78. The van der Waals surface area contributed by atoms with Crippen molar-refractivity contribution in [1.29, 1.82) is 0 Å². The van der Waals surface area contributed by atoms with Crippen molar-refractivity contribution < 1.29 is 4.79 Å². The highest BCUT2D eigenvalue weighted by Gasteiger charge is 2.08. The van der Waals surface area contributed by atoms with Gasteiger partial charge in [0.15, 0.2) is 4.99 Å². The molecule has 0 radical (unpaired) electrons. The van der Waals surface area contributed by atoms with E-state index in [1.807, 2.05) is 61.5 Å². The molecule has 0 bridgehead atoms. The first kappa shape index (κ1) is 14.2. The van der Waals surface area contributed by atoms with Crippen LogP contribution in [0.3, 0.4) is 0 Å². The van der Waals surface area contributed by atoms with Crippen LogP contribution < -0.4 is 10.6 Å². The van der Waals surface area contributed by atoms with Crippen LogP contribution in [-0.2, 0) is 11.3 Å². The molecule has 2 rings (SSSR count). The molecule has 0 unspecified atom stereocenters. The molecule has 0 aliphatic rings. The van der Waals surface area contributed by atoms with Crippen LogP contribution in [0, 0.1) is 6.92 Å². The van der Waals surface area contributed by atoms with Crippen molar-refractivity contribution in [3.05, 3.63) is 65.7 Å². The Bertz CT molecular complexity index is 611. The number of aryl methyl sites for hydroxylation is 1. The Hall–Kier alpha value is -2.20. The van der Waals surface area contributed by atoms with E-state index in [4.69, 9.17) is 12.2 Å². The van der Waals surface area contributed by atoms with E-state index in [0.717, 1.165) is 16.8 Å². The molecule has 0 saturated carbocycles. The predicted molar refractivity (Wildman–Crippen MR) is 85.7 cm³/mol. The van der Waals surface area contributed by atoms with Gasteiger partial charge in [-0.3, -0.25) is 4.79 Å². The monoisotopic (exact) mass is 284 g/mol. The molecule has 0 saturated heterocycles. The molecule has 0 heterocycles. The number of thiocarbonyl (C=S) groups is 1. The average Bonchev–Trinajstić information content (AvgIpc) is 2.46. The van der Waals surface area contributed by atoms with Crippen molar-refractivity contribution in [2.45, 2.75) is 13.5 Å². The van der Waals surface area contributed by atoms with E-state index in [1.54, 1.807) is 0 Å². The van der Waals surface area contributed by atoms with E-state index in [-0.39, 0.29) is 10.9 Å². The summed E-state index contributed by atoms with van der Waals surface area (Å²) in [7, 11) is 0. The van der Waals surface area contributed by atoms with Gasteiger partial charge >= 0.3 is 0 Å². The largest absolute Gasteiger partial charge is 0.368 e. The highest BCUT2D eigenvalue weighted by Crippen LogP contribution is 2.09. The Morgan fingerprint density at radius 3 is 2.55 bits per heavy atom. The quantitative estimate of drug-likeness (QED) is 0.851. The maximum absolute atomic E-state index is 11.9. The second kappa shape index (κ2) is 6.82. The minimum Gasteiger partial charge on any atom is -0.368 e. The molecular formula is C16H16N2OS. The Labute approximate surface area is 124 Å². The van der Waals surface area contributed by atoms with Crippen molar-refractivity contribution in [2.75, 3.05) is 5.32 Å². The van der Waals surface area contributed by atoms with Crippen molar-refractivity contribution in [2.24, 2.45) is 0 Å². The number of carbonyl (C=O) groups excluding carboxylic acids is 1. The number of anilines is 1. The van der Waals surface area contributed by atoms with Gasteiger partial charge in [0.1, 0.15) is 0 Å². The molecule has 0 spiro atoms. The zero-order chi connectivity index (χ0) is 14.4. The number of carbonyl (C=O) groups is 1. The highest BCUT2D eigenvalue weighted by atomic mass is 32.1. The minimum absolute atomic E-state index is 0.190. The summed E-state index contributed by atoms with van der Waals surface area (Å²) in [4.78, 5) is 12.1. The zero-order valence-electron chi connectivity index (χ0n) is 11.2. The van der Waals surface area contributed by atoms with E-state index >= 15 is 0 Å². The fourth-order valence-corrected chi connectivity index (χ4v) is 1.89. The summed E-state index contributed by atoms with van der Waals surface area (Å²) in [6, 6.07) is 17.4. The van der Waals surface area contributed by atoms with Crippen molar-refractivity contribution in [3.63, 3.8) is 0 Å². The summed E-state index contributed by atoms with van der Waals surface area (Å²) < 4.78 is 0. The van der Waals surface area contributed by atoms with Gasteiger partial charge in [0.05, 0.1) is 0 Å². The maximum Gasteiger partial charge on any atom is 0.283 e. The molecule has 4 heteroatoms. The Kier molecular flexibility index (Phi) is 4.85. The minimum atomic E-state index is -0.290. The van der Waals surface area contributed by atoms with E-state index in [1.165, 1.54) is 0 Å². The van der Waals surface area contributed by atoms with E-state index < -0.39 is 0 Å². The van der Waals surface area contributed by atoms with Crippen molar-refractivity contribution >= 4 is 28.8 Å². The molecule has 102 valence electrons. The Morgan fingerprint density at radius 2 is 1.85 bits per heavy atom. The van der Waals surface area contributed by atoms with Gasteiger partial charge in [-0.25, -0.2) is 0 Å². The molecule has 3 nitrogen and oxygen atoms in total. The first-order chi connectivity index (χ1) is 9.65. The molecule has 2 aromatic carbocycles. The van der Waals surface area contributed by atoms with Crippen LogP contribution in [-0.4, -0.2) is 10.9 Å². The maximum atomic E-state index is 11.9. The van der Waals surface area contributed by atoms with Gasteiger partial charge in [-0.15, -0.1) is 0 Å². The van der Waals surface area contributed by atoms with Crippen molar-refractivity contribution in [3.8, 4) is 0 Å². The van der Waals surface area contributed by atoms with Gasteiger partial charge in [-0.2, -0.15) is 0 Å². The smallest absolute Gasteiger partial charge is 0.283 e. The molecule has 0 aromatic heterocycles. The fraction of sp³-hybridized carbons (Fsp3) is 0.125. The van der Waals surface area contributed by atoms with Gasteiger partial charge in [0.2, 0.25) is 0 Å². The molecule has 0 fully saturated rings. The summed E-state index contributed by atoms with van der Waals surface area (Å²) in [6.45, 7) is 2.52. The summed E-state index contributed by atoms with van der Waals surface area (Å²) >= 11 is 5.08. The summed E-state index contributed by atoms with van der Waals surface area (Å²) in [5.74, 6) is -0.290. The first-order valence-electron chi connectivity index (χ1n) is 6.35. The molecular weight excluding hydrogens is 268 g/mol.